The number of pyridine rings is 1. The van der Waals surface area contributed by atoms with Crippen molar-refractivity contribution in [1.82, 2.24) is 24.7 Å². The number of ether oxygens (including phenoxy) is 2. The molecule has 4 aromatic carbocycles. The normalized spacial score (nSPS) is 13.4. The summed E-state index contributed by atoms with van der Waals surface area (Å²) < 4.78 is 83.5. The molecule has 1 saturated heterocycles. The summed E-state index contributed by atoms with van der Waals surface area (Å²) in [7, 11) is 0. The van der Waals surface area contributed by atoms with Crippen LogP contribution in [0.3, 0.4) is 0 Å². The fourth-order valence-electron chi connectivity index (χ4n) is 7.24. The zero-order chi connectivity index (χ0) is 43.9. The largest absolute Gasteiger partial charge is 0.573 e. The predicted octanol–water partition coefficient (Wildman–Crippen LogP) is 10.9. The number of hydrogen-bond acceptors (Lipinski definition) is 8. The van der Waals surface area contributed by atoms with E-state index in [4.69, 9.17) is 11.6 Å². The predicted molar refractivity (Wildman–Crippen MR) is 224 cm³/mol. The molecule has 8 rings (SSSR count). The summed E-state index contributed by atoms with van der Waals surface area (Å²) in [5.74, 6) is 0.264. The summed E-state index contributed by atoms with van der Waals surface area (Å²) in [4.78, 5) is 28.2. The molecular formula is C45H40ClF6N7O3. The number of nitrogens with zero attached hydrogens (tertiary/aromatic N) is 5. The topological polar surface area (TPSA) is 106 Å². The Hall–Kier alpha value is -6.55. The summed E-state index contributed by atoms with van der Waals surface area (Å²) in [5, 5.41) is 7.48. The third-order valence-corrected chi connectivity index (χ3v) is 10.4. The van der Waals surface area contributed by atoms with Crippen LogP contribution in [-0.4, -0.2) is 51.1 Å². The first-order chi connectivity index (χ1) is 29.7. The van der Waals surface area contributed by atoms with Crippen LogP contribution in [0.4, 0.5) is 37.8 Å². The number of para-hydroxylation sites is 1. The Morgan fingerprint density at radius 2 is 1.50 bits per heavy atom. The number of imidazole rings is 1. The van der Waals surface area contributed by atoms with E-state index in [1.54, 1.807) is 40.9 Å². The molecule has 0 unspecified atom stereocenters. The molecular weight excluding hydrogens is 836 g/mol. The summed E-state index contributed by atoms with van der Waals surface area (Å²) in [6.45, 7) is 4.35. The van der Waals surface area contributed by atoms with Crippen molar-refractivity contribution in [1.29, 1.82) is 0 Å². The maximum Gasteiger partial charge on any atom is 0.573 e. The van der Waals surface area contributed by atoms with Gasteiger partial charge in [0.15, 0.2) is 0 Å². The molecule has 322 valence electrons. The molecule has 62 heavy (non-hydrogen) atoms. The van der Waals surface area contributed by atoms with Crippen molar-refractivity contribution in [3.05, 3.63) is 155 Å². The number of fused-ring (bicyclic) bond motifs is 2. The van der Waals surface area contributed by atoms with Crippen LogP contribution in [0.2, 0.25) is 5.02 Å². The monoisotopic (exact) mass is 875 g/mol. The molecule has 10 nitrogen and oxygen atoms in total. The van der Waals surface area contributed by atoms with Crippen molar-refractivity contribution >= 4 is 45.6 Å². The van der Waals surface area contributed by atoms with Gasteiger partial charge in [0.05, 0.1) is 16.2 Å². The second-order valence-corrected chi connectivity index (χ2v) is 14.8. The van der Waals surface area contributed by atoms with E-state index >= 15 is 0 Å². The van der Waals surface area contributed by atoms with Crippen molar-refractivity contribution in [2.75, 3.05) is 23.3 Å². The number of aromatic nitrogens is 4. The van der Waals surface area contributed by atoms with Gasteiger partial charge in [0.1, 0.15) is 35.0 Å². The number of hydrogen-bond donors (Lipinski definition) is 2. The van der Waals surface area contributed by atoms with Gasteiger partial charge in [-0.15, -0.1) is 26.3 Å². The average molecular weight is 876 g/mol. The number of aryl methyl sites for hydroxylation is 1. The van der Waals surface area contributed by atoms with Gasteiger partial charge in [0.25, 0.3) is 5.91 Å². The highest BCUT2D eigenvalue weighted by molar-refractivity contribution is 6.30. The number of anilines is 2. The van der Waals surface area contributed by atoms with Crippen molar-refractivity contribution in [3.8, 4) is 11.5 Å². The molecule has 0 aliphatic carbocycles. The number of alkyl halides is 6. The third kappa shape index (κ3) is 11.4. The number of amides is 1. The fraction of sp³-hybridized carbons (Fsp3) is 0.244. The van der Waals surface area contributed by atoms with E-state index in [-0.39, 0.29) is 23.3 Å². The van der Waals surface area contributed by atoms with Crippen molar-refractivity contribution < 1.29 is 40.6 Å². The van der Waals surface area contributed by atoms with Gasteiger partial charge < -0.3 is 25.0 Å². The Bertz CT molecular complexity index is 2610. The zero-order valence-electron chi connectivity index (χ0n) is 33.2. The Balaban J connectivity index is 0.000000213. The number of carbonyl (C=O) groups excluding carboxylic acids is 1. The minimum atomic E-state index is -4.70. The smallest absolute Gasteiger partial charge is 0.406 e. The highest BCUT2D eigenvalue weighted by Gasteiger charge is 2.32. The first-order valence-corrected chi connectivity index (χ1v) is 20.0. The number of nitrogens with one attached hydrogen (secondary N) is 2. The Labute approximate surface area is 357 Å². The fourth-order valence-corrected chi connectivity index (χ4v) is 7.40. The quantitative estimate of drug-likeness (QED) is 0.124. The molecule has 0 bridgehead atoms. The summed E-state index contributed by atoms with van der Waals surface area (Å²) in [5.41, 5.74) is 6.44. The number of rotatable bonds is 11. The number of benzene rings is 4. The molecule has 0 saturated carbocycles. The van der Waals surface area contributed by atoms with Crippen molar-refractivity contribution in [2.45, 2.75) is 57.9 Å². The van der Waals surface area contributed by atoms with Crippen LogP contribution in [0.15, 0.2) is 122 Å². The maximum atomic E-state index is 13.0. The van der Waals surface area contributed by atoms with Crippen LogP contribution in [-0.2, 0) is 19.5 Å². The highest BCUT2D eigenvalue weighted by Crippen LogP contribution is 2.33. The molecule has 0 radical (unpaired) electrons. The number of carbonyl (C=O) groups is 1. The second-order valence-electron chi connectivity index (χ2n) is 14.4. The lowest BCUT2D eigenvalue weighted by Crippen LogP contribution is -2.32. The Morgan fingerprint density at radius 1 is 0.790 bits per heavy atom. The van der Waals surface area contributed by atoms with Crippen molar-refractivity contribution in [2.24, 2.45) is 0 Å². The zero-order valence-corrected chi connectivity index (χ0v) is 33.9. The molecule has 1 fully saturated rings. The first kappa shape index (κ1) is 43.5. The van der Waals surface area contributed by atoms with Crippen LogP contribution in [0.1, 0.15) is 58.6 Å². The van der Waals surface area contributed by atoms with Gasteiger partial charge in [0, 0.05) is 43.4 Å². The molecule has 1 amide bonds. The van der Waals surface area contributed by atoms with Gasteiger partial charge in [-0.25, -0.2) is 15.0 Å². The molecule has 7 aromatic rings. The van der Waals surface area contributed by atoms with Crippen LogP contribution in [0.25, 0.3) is 16.6 Å². The average Bonchev–Trinajstić information content (AvgIpc) is 3.62. The lowest BCUT2D eigenvalue weighted by Gasteiger charge is -2.34. The number of piperidine rings is 1. The number of halogens is 7. The van der Waals surface area contributed by atoms with Crippen LogP contribution in [0.5, 0.6) is 11.5 Å². The summed E-state index contributed by atoms with van der Waals surface area (Å²) in [6.07, 6.45) is -3.81. The van der Waals surface area contributed by atoms with E-state index in [0.717, 1.165) is 59.3 Å². The molecule has 0 spiro atoms. The van der Waals surface area contributed by atoms with E-state index in [2.05, 4.69) is 52.1 Å². The lowest BCUT2D eigenvalue weighted by molar-refractivity contribution is -0.275. The van der Waals surface area contributed by atoms with Gasteiger partial charge >= 0.3 is 12.7 Å². The lowest BCUT2D eigenvalue weighted by atomic mass is 9.89. The second kappa shape index (κ2) is 19.0. The third-order valence-electron chi connectivity index (χ3n) is 10.2. The molecule has 2 N–H and O–H groups in total. The molecule has 1 aliphatic heterocycles. The maximum absolute atomic E-state index is 13.0. The van der Waals surface area contributed by atoms with E-state index in [1.165, 1.54) is 36.7 Å². The minimum Gasteiger partial charge on any atom is -0.406 e. The molecule has 4 heterocycles. The van der Waals surface area contributed by atoms with Gasteiger partial charge in [-0.05, 0) is 103 Å². The van der Waals surface area contributed by atoms with Gasteiger partial charge in [-0.3, -0.25) is 9.20 Å². The molecule has 0 atom stereocenters. The molecule has 1 aliphatic rings. The highest BCUT2D eigenvalue weighted by atomic mass is 35.5. The Morgan fingerprint density at radius 3 is 2.21 bits per heavy atom. The summed E-state index contributed by atoms with van der Waals surface area (Å²) in [6, 6.07) is 31.1. The molecule has 3 aromatic heterocycles. The standard InChI is InChI=1S/C29H28ClF3N4O2.C16H12F3N3O/c1-2-25-27(37-18-22(30)7-12-26(37)35-25)28(38)34-17-19-3-8-23(9-4-19)36-15-13-21(14-16-36)20-5-10-24(11-6-20)39-29(31,32)33;17-16(18,19)23-12-5-3-4-11(8-12)9-20-15-13-6-1-2-7-14(13)21-10-22-15/h3-12,18,21H,2,13-17H2,1H3,(H,34,38);1-8,10H,9H2,(H,20,21,22). The van der Waals surface area contributed by atoms with E-state index in [1.807, 2.05) is 43.3 Å². The summed E-state index contributed by atoms with van der Waals surface area (Å²) >= 11 is 6.14. The molecule has 17 heteroatoms. The van der Waals surface area contributed by atoms with E-state index in [0.29, 0.717) is 47.3 Å². The van der Waals surface area contributed by atoms with Crippen molar-refractivity contribution in [3.63, 3.8) is 0 Å². The van der Waals surface area contributed by atoms with Crippen LogP contribution in [0, 0.1) is 0 Å². The van der Waals surface area contributed by atoms with E-state index in [9.17, 15) is 31.1 Å². The van der Waals surface area contributed by atoms with Crippen LogP contribution < -0.4 is 25.0 Å². The van der Waals surface area contributed by atoms with E-state index < -0.39 is 12.7 Å². The van der Waals surface area contributed by atoms with Crippen LogP contribution >= 0.6 is 11.6 Å². The van der Waals surface area contributed by atoms with Gasteiger partial charge in [-0.1, -0.05) is 67.1 Å². The SMILES string of the molecule is CCc1nc2ccc(Cl)cn2c1C(=O)NCc1ccc(N2CCC(c3ccc(OC(F)(F)F)cc3)CC2)cc1.FC(F)(F)Oc1cccc(CNc2ncnc3ccccc23)c1. The minimum absolute atomic E-state index is 0.200. The first-order valence-electron chi connectivity index (χ1n) is 19.6. The van der Waals surface area contributed by atoms with Gasteiger partial charge in [-0.2, -0.15) is 0 Å². The Kier molecular flexibility index (Phi) is 13.4. The van der Waals surface area contributed by atoms with Gasteiger partial charge in [0.2, 0.25) is 0 Å².